The Kier molecular flexibility index (Phi) is 8.34. The molecule has 8 nitrogen and oxygen atoms in total. The van der Waals surface area contributed by atoms with Crippen molar-refractivity contribution in [3.05, 3.63) is 39.7 Å². The van der Waals surface area contributed by atoms with E-state index < -0.39 is 11.2 Å². The second-order valence-corrected chi connectivity index (χ2v) is 10.3. The minimum Gasteiger partial charge on any atom is -0.483 e. The lowest BCUT2D eigenvalue weighted by Crippen LogP contribution is -2.54. The van der Waals surface area contributed by atoms with Gasteiger partial charge in [0.25, 0.3) is 5.91 Å². The lowest BCUT2D eigenvalue weighted by atomic mass is 9.71. The smallest absolute Gasteiger partial charge is 0.336 e. The number of amides is 2. The zero-order valence-corrected chi connectivity index (χ0v) is 21.4. The van der Waals surface area contributed by atoms with Crippen LogP contribution < -0.4 is 15.7 Å². The van der Waals surface area contributed by atoms with Gasteiger partial charge in [-0.25, -0.2) is 4.79 Å². The fourth-order valence-corrected chi connectivity index (χ4v) is 5.66. The molecular formula is C28H38N2O6. The topological polar surface area (TPSA) is 109 Å². The minimum atomic E-state index is -0.588. The molecule has 1 aromatic heterocycles. The maximum absolute atomic E-state index is 12.6. The number of aliphatic hydroxyl groups is 1. The van der Waals surface area contributed by atoms with E-state index in [2.05, 4.69) is 12.2 Å². The number of hydrogen-bond acceptors (Lipinski definition) is 6. The molecule has 196 valence electrons. The van der Waals surface area contributed by atoms with Crippen LogP contribution in [0.2, 0.25) is 0 Å². The highest BCUT2D eigenvalue weighted by Gasteiger charge is 2.43. The predicted molar refractivity (Wildman–Crippen MR) is 137 cm³/mol. The normalized spacial score (nSPS) is 21.8. The molecule has 36 heavy (non-hydrogen) atoms. The Morgan fingerprint density at radius 1 is 1.28 bits per heavy atom. The first-order valence-corrected chi connectivity index (χ1v) is 13.3. The standard InChI is InChI=1S/C28H38N2O6/c1-3-7-20-16-26(33)36-27-19(2)23(11-10-22(20)27)35-18-24(31)29-14-6-9-25(32)30-15-13-28(34)12-5-4-8-21(28)17-30/h10-11,16,21,34H,3-9,12-15,17-18H2,1-2H3,(H,29,31)/t21-,28+/m0/s1. The van der Waals surface area contributed by atoms with Gasteiger partial charge >= 0.3 is 5.63 Å². The van der Waals surface area contributed by atoms with Crippen LogP contribution in [0.25, 0.3) is 11.0 Å². The maximum Gasteiger partial charge on any atom is 0.336 e. The maximum atomic E-state index is 12.6. The second-order valence-electron chi connectivity index (χ2n) is 10.3. The van der Waals surface area contributed by atoms with Gasteiger partial charge in [-0.2, -0.15) is 0 Å². The third-order valence-electron chi connectivity index (χ3n) is 7.74. The van der Waals surface area contributed by atoms with Crippen molar-refractivity contribution < 1.29 is 23.8 Å². The zero-order chi connectivity index (χ0) is 25.7. The fraction of sp³-hybridized carbons (Fsp3) is 0.607. The van der Waals surface area contributed by atoms with Crippen LogP contribution in [0.5, 0.6) is 5.75 Å². The molecule has 2 fully saturated rings. The Hall–Kier alpha value is -2.87. The SMILES string of the molecule is CCCc1cc(=O)oc2c(C)c(OCC(=O)NCCCC(=O)N3CC[C@]4(O)CCCC[C@H]4C3)ccc12. The Labute approximate surface area is 212 Å². The highest BCUT2D eigenvalue weighted by molar-refractivity contribution is 5.85. The number of carbonyl (C=O) groups is 2. The Morgan fingerprint density at radius 2 is 2.11 bits per heavy atom. The van der Waals surface area contributed by atoms with Crippen molar-refractivity contribution in [3.63, 3.8) is 0 Å². The predicted octanol–water partition coefficient (Wildman–Crippen LogP) is 3.48. The summed E-state index contributed by atoms with van der Waals surface area (Å²) in [5, 5.41) is 14.5. The number of nitrogens with zero attached hydrogens (tertiary/aromatic N) is 1. The van der Waals surface area contributed by atoms with Crippen LogP contribution in [0.15, 0.2) is 27.4 Å². The van der Waals surface area contributed by atoms with Crippen LogP contribution in [0.1, 0.15) is 69.4 Å². The molecule has 0 radical (unpaired) electrons. The lowest BCUT2D eigenvalue weighted by molar-refractivity contribution is -0.143. The number of aryl methyl sites for hydroxylation is 2. The van der Waals surface area contributed by atoms with Gasteiger partial charge in [0.05, 0.1) is 5.60 Å². The van der Waals surface area contributed by atoms with Crippen molar-refractivity contribution in [1.29, 1.82) is 0 Å². The molecule has 0 spiro atoms. The number of benzene rings is 1. The van der Waals surface area contributed by atoms with Crippen molar-refractivity contribution in [2.75, 3.05) is 26.2 Å². The molecule has 2 amide bonds. The van der Waals surface area contributed by atoms with Gasteiger partial charge in [0.15, 0.2) is 6.61 Å². The molecule has 2 N–H and O–H groups in total. The molecule has 1 aliphatic heterocycles. The number of piperidine rings is 1. The van der Waals surface area contributed by atoms with Gasteiger partial charge < -0.3 is 24.5 Å². The summed E-state index contributed by atoms with van der Waals surface area (Å²) in [5.74, 6) is 0.500. The van der Waals surface area contributed by atoms with E-state index in [4.69, 9.17) is 9.15 Å². The van der Waals surface area contributed by atoms with Crippen molar-refractivity contribution in [1.82, 2.24) is 10.2 Å². The van der Waals surface area contributed by atoms with Crippen LogP contribution in [0.4, 0.5) is 0 Å². The summed E-state index contributed by atoms with van der Waals surface area (Å²) in [6.45, 7) is 5.35. The molecule has 0 unspecified atom stereocenters. The molecule has 1 aromatic carbocycles. The number of nitrogens with one attached hydrogen (secondary N) is 1. The second kappa shape index (κ2) is 11.5. The Balaban J connectivity index is 1.22. The van der Waals surface area contributed by atoms with Crippen molar-refractivity contribution >= 4 is 22.8 Å². The van der Waals surface area contributed by atoms with Crippen molar-refractivity contribution in [3.8, 4) is 5.75 Å². The van der Waals surface area contributed by atoms with Gasteiger partial charge in [-0.1, -0.05) is 26.2 Å². The molecule has 1 saturated carbocycles. The number of ether oxygens (including phenoxy) is 1. The number of fused-ring (bicyclic) bond motifs is 2. The molecule has 2 heterocycles. The molecule has 1 saturated heterocycles. The van der Waals surface area contributed by atoms with E-state index >= 15 is 0 Å². The first-order chi connectivity index (χ1) is 17.3. The average molecular weight is 499 g/mol. The van der Waals surface area contributed by atoms with Crippen LogP contribution >= 0.6 is 0 Å². The van der Waals surface area contributed by atoms with Crippen LogP contribution in [-0.2, 0) is 16.0 Å². The first kappa shape index (κ1) is 26.2. The highest BCUT2D eigenvalue weighted by Crippen LogP contribution is 2.39. The van der Waals surface area contributed by atoms with Crippen LogP contribution in [0, 0.1) is 12.8 Å². The van der Waals surface area contributed by atoms with Gasteiger partial charge in [-0.15, -0.1) is 0 Å². The number of hydrogen-bond donors (Lipinski definition) is 2. The Morgan fingerprint density at radius 3 is 2.92 bits per heavy atom. The van der Waals surface area contributed by atoms with E-state index in [-0.39, 0.29) is 24.3 Å². The van der Waals surface area contributed by atoms with Crippen molar-refractivity contribution in [2.45, 2.75) is 77.2 Å². The van der Waals surface area contributed by atoms with Gasteiger partial charge in [0, 0.05) is 49.0 Å². The summed E-state index contributed by atoms with van der Waals surface area (Å²) in [7, 11) is 0. The monoisotopic (exact) mass is 498 g/mol. The molecule has 4 rings (SSSR count). The molecule has 1 aliphatic carbocycles. The van der Waals surface area contributed by atoms with E-state index in [9.17, 15) is 19.5 Å². The molecule has 0 bridgehead atoms. The summed E-state index contributed by atoms with van der Waals surface area (Å²) in [5.41, 5.74) is 1.15. The largest absolute Gasteiger partial charge is 0.483 e. The first-order valence-electron chi connectivity index (χ1n) is 13.3. The average Bonchev–Trinajstić information content (AvgIpc) is 2.86. The van der Waals surface area contributed by atoms with E-state index in [1.165, 1.54) is 6.07 Å². The molecule has 2 atom stereocenters. The van der Waals surface area contributed by atoms with Crippen LogP contribution in [-0.4, -0.2) is 53.7 Å². The molecule has 2 aromatic rings. The van der Waals surface area contributed by atoms with Gasteiger partial charge in [0.1, 0.15) is 11.3 Å². The van der Waals surface area contributed by atoms with E-state index in [1.807, 2.05) is 17.9 Å². The lowest BCUT2D eigenvalue weighted by Gasteiger charge is -2.47. The molecule has 2 aliphatic rings. The minimum absolute atomic E-state index is 0.0869. The third kappa shape index (κ3) is 5.91. The summed E-state index contributed by atoms with van der Waals surface area (Å²) >= 11 is 0. The third-order valence-corrected chi connectivity index (χ3v) is 7.74. The molecule has 8 heteroatoms. The highest BCUT2D eigenvalue weighted by atomic mass is 16.5. The fourth-order valence-electron chi connectivity index (χ4n) is 5.66. The van der Waals surface area contributed by atoms with E-state index in [0.717, 1.165) is 49.5 Å². The number of carbonyl (C=O) groups excluding carboxylic acids is 2. The quantitative estimate of drug-likeness (QED) is 0.405. The van der Waals surface area contributed by atoms with Crippen LogP contribution in [0.3, 0.4) is 0 Å². The number of likely N-dealkylation sites (tertiary alicyclic amines) is 1. The van der Waals surface area contributed by atoms with E-state index in [0.29, 0.717) is 55.8 Å². The van der Waals surface area contributed by atoms with E-state index in [1.54, 1.807) is 6.07 Å². The summed E-state index contributed by atoms with van der Waals surface area (Å²) < 4.78 is 11.1. The van der Waals surface area contributed by atoms with Gasteiger partial charge in [-0.3, -0.25) is 9.59 Å². The summed E-state index contributed by atoms with van der Waals surface area (Å²) in [6.07, 6.45) is 7.31. The van der Waals surface area contributed by atoms with Crippen molar-refractivity contribution in [2.24, 2.45) is 5.92 Å². The zero-order valence-electron chi connectivity index (χ0n) is 21.4. The summed E-state index contributed by atoms with van der Waals surface area (Å²) in [6, 6.07) is 5.20. The van der Waals surface area contributed by atoms with Gasteiger partial charge in [-0.05, 0) is 56.7 Å². The molecular weight excluding hydrogens is 460 g/mol. The van der Waals surface area contributed by atoms with Gasteiger partial charge in [0.2, 0.25) is 5.91 Å². The Bertz CT molecular complexity index is 1160. The summed E-state index contributed by atoms with van der Waals surface area (Å²) in [4.78, 5) is 38.8. The number of rotatable bonds is 9.